The third kappa shape index (κ3) is 2.94. The molecule has 94 valence electrons. The van der Waals surface area contributed by atoms with Crippen molar-refractivity contribution in [2.75, 3.05) is 20.1 Å². The van der Waals surface area contributed by atoms with Gasteiger partial charge in [0, 0.05) is 37.1 Å². The second kappa shape index (κ2) is 5.45. The third-order valence-electron chi connectivity index (χ3n) is 3.53. The van der Waals surface area contributed by atoms with E-state index in [1.165, 1.54) is 6.42 Å². The first kappa shape index (κ1) is 12.3. The summed E-state index contributed by atoms with van der Waals surface area (Å²) in [6.45, 7) is 4.00. The van der Waals surface area contributed by atoms with E-state index in [4.69, 9.17) is 0 Å². The Hall–Kier alpha value is -1.16. The van der Waals surface area contributed by atoms with Crippen LogP contribution < -0.4 is 5.32 Å². The van der Waals surface area contributed by atoms with Gasteiger partial charge in [-0.25, -0.2) is 0 Å². The SMILES string of the molecule is CNC1C=NC=C(C(=O)N2CCC[C@@H](C)C2)C1. The third-order valence-corrected chi connectivity index (χ3v) is 3.53. The maximum atomic E-state index is 12.3. The molecule has 0 bridgehead atoms. The van der Waals surface area contributed by atoms with Crippen LogP contribution in [0.2, 0.25) is 0 Å². The molecule has 4 nitrogen and oxygen atoms in total. The van der Waals surface area contributed by atoms with Crippen molar-refractivity contribution in [1.82, 2.24) is 10.2 Å². The molecule has 1 N–H and O–H groups in total. The van der Waals surface area contributed by atoms with Crippen LogP contribution in [0.5, 0.6) is 0 Å². The average Bonchev–Trinajstić information content (AvgIpc) is 2.38. The maximum Gasteiger partial charge on any atom is 0.251 e. The number of nitrogens with zero attached hydrogens (tertiary/aromatic N) is 2. The maximum absolute atomic E-state index is 12.3. The molecule has 17 heavy (non-hydrogen) atoms. The topological polar surface area (TPSA) is 44.7 Å². The predicted molar refractivity (Wildman–Crippen MR) is 69.0 cm³/mol. The molecule has 2 aliphatic heterocycles. The lowest BCUT2D eigenvalue weighted by atomic mass is 9.98. The van der Waals surface area contributed by atoms with E-state index in [9.17, 15) is 4.79 Å². The highest BCUT2D eigenvalue weighted by Gasteiger charge is 2.25. The fraction of sp³-hybridized carbons (Fsp3) is 0.692. The molecule has 1 amide bonds. The highest BCUT2D eigenvalue weighted by molar-refractivity contribution is 5.95. The van der Waals surface area contributed by atoms with E-state index < -0.39 is 0 Å². The first-order valence-corrected chi connectivity index (χ1v) is 6.39. The molecule has 1 saturated heterocycles. The van der Waals surface area contributed by atoms with Crippen molar-refractivity contribution < 1.29 is 4.79 Å². The number of carbonyl (C=O) groups is 1. The van der Waals surface area contributed by atoms with Gasteiger partial charge < -0.3 is 10.2 Å². The van der Waals surface area contributed by atoms with Crippen molar-refractivity contribution in [1.29, 1.82) is 0 Å². The molecule has 4 heteroatoms. The summed E-state index contributed by atoms with van der Waals surface area (Å²) < 4.78 is 0. The van der Waals surface area contributed by atoms with Gasteiger partial charge in [0.15, 0.2) is 0 Å². The van der Waals surface area contributed by atoms with E-state index in [1.807, 2.05) is 18.2 Å². The van der Waals surface area contributed by atoms with Gasteiger partial charge in [0.1, 0.15) is 0 Å². The Morgan fingerprint density at radius 3 is 3.12 bits per heavy atom. The second-order valence-corrected chi connectivity index (χ2v) is 5.05. The smallest absolute Gasteiger partial charge is 0.251 e. The highest BCUT2D eigenvalue weighted by atomic mass is 16.2. The quantitative estimate of drug-likeness (QED) is 0.781. The monoisotopic (exact) mass is 235 g/mol. The zero-order valence-corrected chi connectivity index (χ0v) is 10.6. The number of hydrogen-bond acceptors (Lipinski definition) is 3. The number of hydrogen-bond donors (Lipinski definition) is 1. The number of aliphatic imine (C=N–C) groups is 1. The standard InChI is InChI=1S/C13H21N3O/c1-10-4-3-5-16(9-10)13(17)11-6-12(14-2)8-15-7-11/h7-8,10,12,14H,3-6,9H2,1-2H3/t10-,12?/m1/s1. The van der Waals surface area contributed by atoms with Crippen LogP contribution in [-0.4, -0.2) is 43.2 Å². The van der Waals surface area contributed by atoms with Gasteiger partial charge in [-0.2, -0.15) is 0 Å². The van der Waals surface area contributed by atoms with Gasteiger partial charge in [0.05, 0.1) is 0 Å². The number of piperidine rings is 1. The molecule has 0 spiro atoms. The Labute approximate surface area is 103 Å². The first-order chi connectivity index (χ1) is 8.20. The average molecular weight is 235 g/mol. The lowest BCUT2D eigenvalue weighted by Gasteiger charge is -2.32. The van der Waals surface area contributed by atoms with E-state index >= 15 is 0 Å². The van der Waals surface area contributed by atoms with Crippen LogP contribution in [-0.2, 0) is 4.79 Å². The molecule has 2 aliphatic rings. The summed E-state index contributed by atoms with van der Waals surface area (Å²) in [4.78, 5) is 18.4. The van der Waals surface area contributed by atoms with E-state index in [0.29, 0.717) is 5.92 Å². The Bertz CT molecular complexity index is 349. The molecule has 0 radical (unpaired) electrons. The molecular weight excluding hydrogens is 214 g/mol. The van der Waals surface area contributed by atoms with Crippen LogP contribution in [0.4, 0.5) is 0 Å². The molecular formula is C13H21N3O. The van der Waals surface area contributed by atoms with Gasteiger partial charge in [-0.1, -0.05) is 6.92 Å². The summed E-state index contributed by atoms with van der Waals surface area (Å²) in [5.74, 6) is 0.800. The molecule has 0 aromatic heterocycles. The summed E-state index contributed by atoms with van der Waals surface area (Å²) in [6, 6.07) is 0.196. The summed E-state index contributed by atoms with van der Waals surface area (Å²) in [6.07, 6.45) is 6.69. The van der Waals surface area contributed by atoms with Crippen molar-refractivity contribution in [3.8, 4) is 0 Å². The van der Waals surface area contributed by atoms with Crippen LogP contribution in [0.15, 0.2) is 16.8 Å². The molecule has 2 heterocycles. The summed E-state index contributed by atoms with van der Waals surface area (Å²) in [5.41, 5.74) is 0.834. The molecule has 0 aliphatic carbocycles. The number of likely N-dealkylation sites (tertiary alicyclic amines) is 1. The molecule has 0 aromatic carbocycles. The number of nitrogens with one attached hydrogen (secondary N) is 1. The lowest BCUT2D eigenvalue weighted by Crippen LogP contribution is -2.41. The zero-order valence-electron chi connectivity index (χ0n) is 10.6. The van der Waals surface area contributed by atoms with Crippen molar-refractivity contribution in [3.05, 3.63) is 11.8 Å². The zero-order chi connectivity index (χ0) is 12.3. The summed E-state index contributed by atoms with van der Waals surface area (Å²) in [5, 5.41) is 3.14. The fourth-order valence-electron chi connectivity index (χ4n) is 2.48. The normalized spacial score (nSPS) is 29.1. The van der Waals surface area contributed by atoms with Crippen molar-refractivity contribution in [2.24, 2.45) is 10.9 Å². The molecule has 0 aromatic rings. The van der Waals surface area contributed by atoms with Crippen molar-refractivity contribution >= 4 is 12.1 Å². The lowest BCUT2D eigenvalue weighted by molar-refractivity contribution is -0.129. The molecule has 2 rings (SSSR count). The molecule has 1 fully saturated rings. The first-order valence-electron chi connectivity index (χ1n) is 6.39. The van der Waals surface area contributed by atoms with E-state index in [0.717, 1.165) is 31.5 Å². The molecule has 0 saturated carbocycles. The van der Waals surface area contributed by atoms with Crippen molar-refractivity contribution in [2.45, 2.75) is 32.2 Å². The van der Waals surface area contributed by atoms with Gasteiger partial charge in [-0.05, 0) is 32.2 Å². The van der Waals surface area contributed by atoms with Gasteiger partial charge in [0.2, 0.25) is 0 Å². The minimum atomic E-state index is 0.175. The van der Waals surface area contributed by atoms with Crippen molar-refractivity contribution in [3.63, 3.8) is 0 Å². The summed E-state index contributed by atoms with van der Waals surface area (Å²) in [7, 11) is 1.90. The van der Waals surface area contributed by atoms with Gasteiger partial charge in [0.25, 0.3) is 5.91 Å². The van der Waals surface area contributed by atoms with E-state index in [-0.39, 0.29) is 11.9 Å². The highest BCUT2D eigenvalue weighted by Crippen LogP contribution is 2.20. The minimum absolute atomic E-state index is 0.175. The van der Waals surface area contributed by atoms with Crippen LogP contribution in [0, 0.1) is 5.92 Å². The van der Waals surface area contributed by atoms with Crippen LogP contribution in [0.25, 0.3) is 0 Å². The number of amides is 1. The van der Waals surface area contributed by atoms with Crippen LogP contribution in [0.3, 0.4) is 0 Å². The van der Waals surface area contributed by atoms with Gasteiger partial charge in [-0.15, -0.1) is 0 Å². The second-order valence-electron chi connectivity index (χ2n) is 5.05. The molecule has 1 unspecified atom stereocenters. The van der Waals surface area contributed by atoms with E-state index in [2.05, 4.69) is 17.2 Å². The van der Waals surface area contributed by atoms with E-state index in [1.54, 1.807) is 6.20 Å². The Balaban J connectivity index is 2.00. The Kier molecular flexibility index (Phi) is 3.94. The number of rotatable bonds is 2. The largest absolute Gasteiger partial charge is 0.339 e. The van der Waals surface area contributed by atoms with Crippen LogP contribution in [0.1, 0.15) is 26.2 Å². The van der Waals surface area contributed by atoms with Gasteiger partial charge in [-0.3, -0.25) is 9.79 Å². The summed E-state index contributed by atoms with van der Waals surface area (Å²) >= 11 is 0. The fourth-order valence-corrected chi connectivity index (χ4v) is 2.48. The predicted octanol–water partition coefficient (Wildman–Crippen LogP) is 1.19. The van der Waals surface area contributed by atoms with Gasteiger partial charge >= 0.3 is 0 Å². The Morgan fingerprint density at radius 1 is 1.59 bits per heavy atom. The van der Waals surface area contributed by atoms with Crippen LogP contribution >= 0.6 is 0 Å². The molecule has 2 atom stereocenters. The minimum Gasteiger partial charge on any atom is -0.339 e. The Morgan fingerprint density at radius 2 is 2.41 bits per heavy atom. The number of carbonyl (C=O) groups excluding carboxylic acids is 1.